The molecule has 2 aromatic carbocycles. The molecule has 2 heterocycles. The molecule has 3 aromatic rings. The average molecular weight is 384 g/mol. The van der Waals surface area contributed by atoms with E-state index in [1.54, 1.807) is 0 Å². The summed E-state index contributed by atoms with van der Waals surface area (Å²) in [6.07, 6.45) is -2.15. The molecule has 0 saturated carbocycles. The summed E-state index contributed by atoms with van der Waals surface area (Å²) in [7, 11) is 0. The zero-order valence-electron chi connectivity index (χ0n) is 15.1. The molecule has 1 aliphatic heterocycles. The molecular weight excluding hydrogens is 365 g/mol. The summed E-state index contributed by atoms with van der Waals surface area (Å²) in [5, 5.41) is 3.11. The Hall–Kier alpha value is -3.09. The molecule has 1 fully saturated rings. The van der Waals surface area contributed by atoms with Gasteiger partial charge in [0.15, 0.2) is 0 Å². The zero-order chi connectivity index (χ0) is 19.6. The summed E-state index contributed by atoms with van der Waals surface area (Å²) in [4.78, 5) is 11.4. The Bertz CT molecular complexity index is 934. The number of rotatable bonds is 4. The van der Waals surface area contributed by atoms with E-state index in [2.05, 4.69) is 15.2 Å². The summed E-state index contributed by atoms with van der Waals surface area (Å²) in [5.74, 6) is 1.18. The van der Waals surface area contributed by atoms with Gasteiger partial charge in [0.05, 0.1) is 11.3 Å². The van der Waals surface area contributed by atoms with Gasteiger partial charge >= 0.3 is 6.18 Å². The fraction of sp³-hybridized carbons (Fsp3) is 0.238. The number of hydrogen-bond donors (Lipinski definition) is 1. The highest BCUT2D eigenvalue weighted by atomic mass is 19.4. The Morgan fingerprint density at radius 1 is 0.857 bits per heavy atom. The second kappa shape index (κ2) is 7.50. The van der Waals surface area contributed by atoms with Gasteiger partial charge in [0.2, 0.25) is 5.95 Å². The Morgan fingerprint density at radius 3 is 2.18 bits per heavy atom. The van der Waals surface area contributed by atoms with Gasteiger partial charge < -0.3 is 10.2 Å². The third-order valence-corrected chi connectivity index (χ3v) is 4.66. The van der Waals surface area contributed by atoms with Gasteiger partial charge in [0.25, 0.3) is 0 Å². The first-order valence-corrected chi connectivity index (χ1v) is 9.13. The van der Waals surface area contributed by atoms with Crippen LogP contribution in [-0.4, -0.2) is 23.1 Å². The van der Waals surface area contributed by atoms with Crippen molar-refractivity contribution in [3.63, 3.8) is 0 Å². The smallest absolute Gasteiger partial charge is 0.341 e. The highest BCUT2D eigenvalue weighted by Gasteiger charge is 2.30. The van der Waals surface area contributed by atoms with Gasteiger partial charge in [-0.25, -0.2) is 4.98 Å². The van der Waals surface area contributed by atoms with Crippen molar-refractivity contribution in [2.45, 2.75) is 19.0 Å². The van der Waals surface area contributed by atoms with Crippen LogP contribution in [0, 0.1) is 0 Å². The van der Waals surface area contributed by atoms with Crippen molar-refractivity contribution < 1.29 is 13.2 Å². The fourth-order valence-corrected chi connectivity index (χ4v) is 3.20. The maximum atomic E-state index is 12.8. The number of halogens is 3. The lowest BCUT2D eigenvalue weighted by Crippen LogP contribution is -2.21. The minimum atomic E-state index is -4.35. The molecule has 4 nitrogen and oxygen atoms in total. The molecular formula is C21H19F3N4. The van der Waals surface area contributed by atoms with Crippen molar-refractivity contribution in [3.8, 4) is 11.3 Å². The largest absolute Gasteiger partial charge is 0.416 e. The molecule has 0 atom stereocenters. The molecule has 0 amide bonds. The quantitative estimate of drug-likeness (QED) is 0.644. The molecule has 1 aliphatic rings. The van der Waals surface area contributed by atoms with E-state index in [1.807, 2.05) is 36.4 Å². The summed E-state index contributed by atoms with van der Waals surface area (Å²) >= 11 is 0. The van der Waals surface area contributed by atoms with E-state index in [0.717, 1.165) is 49.3 Å². The van der Waals surface area contributed by atoms with Gasteiger partial charge in [-0.05, 0) is 37.1 Å². The molecule has 0 bridgehead atoms. The van der Waals surface area contributed by atoms with Crippen molar-refractivity contribution in [2.24, 2.45) is 0 Å². The van der Waals surface area contributed by atoms with Crippen LogP contribution in [0.25, 0.3) is 11.3 Å². The minimum absolute atomic E-state index is 0.540. The summed E-state index contributed by atoms with van der Waals surface area (Å²) in [5.41, 5.74) is 1.59. The number of alkyl halides is 3. The van der Waals surface area contributed by atoms with E-state index < -0.39 is 11.7 Å². The van der Waals surface area contributed by atoms with Crippen molar-refractivity contribution in [3.05, 3.63) is 66.2 Å². The van der Waals surface area contributed by atoms with E-state index in [9.17, 15) is 13.2 Å². The monoisotopic (exact) mass is 384 g/mol. The predicted molar refractivity (Wildman–Crippen MR) is 104 cm³/mol. The lowest BCUT2D eigenvalue weighted by molar-refractivity contribution is -0.137. The van der Waals surface area contributed by atoms with Crippen molar-refractivity contribution in [1.82, 2.24) is 9.97 Å². The van der Waals surface area contributed by atoms with Crippen LogP contribution in [0.5, 0.6) is 0 Å². The van der Waals surface area contributed by atoms with Crippen LogP contribution in [0.3, 0.4) is 0 Å². The molecule has 1 N–H and O–H groups in total. The Morgan fingerprint density at radius 2 is 1.54 bits per heavy atom. The van der Waals surface area contributed by atoms with E-state index in [-0.39, 0.29) is 0 Å². The zero-order valence-corrected chi connectivity index (χ0v) is 15.1. The van der Waals surface area contributed by atoms with Gasteiger partial charge in [0, 0.05) is 30.4 Å². The minimum Gasteiger partial charge on any atom is -0.341 e. The molecule has 144 valence electrons. The van der Waals surface area contributed by atoms with Gasteiger partial charge in [-0.3, -0.25) is 0 Å². The Kier molecular flexibility index (Phi) is 4.90. The first-order chi connectivity index (χ1) is 13.5. The first kappa shape index (κ1) is 18.3. The third kappa shape index (κ3) is 4.08. The van der Waals surface area contributed by atoms with Crippen LogP contribution in [0.15, 0.2) is 60.7 Å². The molecule has 1 saturated heterocycles. The number of aromatic nitrogens is 2. The van der Waals surface area contributed by atoms with Crippen LogP contribution >= 0.6 is 0 Å². The second-order valence-electron chi connectivity index (χ2n) is 6.70. The van der Waals surface area contributed by atoms with Crippen molar-refractivity contribution >= 4 is 17.5 Å². The van der Waals surface area contributed by atoms with Crippen molar-refractivity contribution in [2.75, 3.05) is 23.3 Å². The number of benzene rings is 2. The van der Waals surface area contributed by atoms with Crippen LogP contribution in [0.4, 0.5) is 30.6 Å². The Balaban J connectivity index is 1.66. The third-order valence-electron chi connectivity index (χ3n) is 4.66. The van der Waals surface area contributed by atoms with Gasteiger partial charge in [-0.1, -0.05) is 30.3 Å². The van der Waals surface area contributed by atoms with Gasteiger partial charge in [0.1, 0.15) is 5.82 Å². The predicted octanol–water partition coefficient (Wildman–Crippen LogP) is 5.51. The van der Waals surface area contributed by atoms with E-state index in [1.165, 1.54) is 12.1 Å². The molecule has 7 heteroatoms. The lowest BCUT2D eigenvalue weighted by atomic mass is 10.1. The summed E-state index contributed by atoms with van der Waals surface area (Å²) in [6, 6.07) is 16.5. The number of anilines is 3. The molecule has 0 aliphatic carbocycles. The van der Waals surface area contributed by atoms with E-state index in [0.29, 0.717) is 17.5 Å². The van der Waals surface area contributed by atoms with E-state index in [4.69, 9.17) is 4.98 Å². The molecule has 0 radical (unpaired) electrons. The molecule has 28 heavy (non-hydrogen) atoms. The summed E-state index contributed by atoms with van der Waals surface area (Å²) < 4.78 is 38.3. The number of hydrogen-bond acceptors (Lipinski definition) is 4. The topological polar surface area (TPSA) is 41.1 Å². The average Bonchev–Trinajstić information content (AvgIpc) is 3.23. The van der Waals surface area contributed by atoms with Crippen molar-refractivity contribution in [1.29, 1.82) is 0 Å². The second-order valence-corrected chi connectivity index (χ2v) is 6.70. The van der Waals surface area contributed by atoms with Crippen LogP contribution in [-0.2, 0) is 6.18 Å². The van der Waals surface area contributed by atoms with Crippen LogP contribution < -0.4 is 10.2 Å². The van der Waals surface area contributed by atoms with Gasteiger partial charge in [-0.2, -0.15) is 18.2 Å². The Labute approximate surface area is 161 Å². The van der Waals surface area contributed by atoms with Gasteiger partial charge in [-0.15, -0.1) is 0 Å². The SMILES string of the molecule is FC(F)(F)c1ccc(Nc2cc(-c3ccccc3)nc(N3CCCC3)n2)cc1. The maximum Gasteiger partial charge on any atom is 0.416 e. The highest BCUT2D eigenvalue weighted by Crippen LogP contribution is 2.31. The molecule has 0 spiro atoms. The molecule has 1 aromatic heterocycles. The molecule has 0 unspecified atom stereocenters. The fourth-order valence-electron chi connectivity index (χ4n) is 3.20. The standard InChI is InChI=1S/C21H19F3N4/c22-21(23,24)16-8-10-17(11-9-16)25-19-14-18(15-6-2-1-3-7-15)26-20(27-19)28-12-4-5-13-28/h1-3,6-11,14H,4-5,12-13H2,(H,25,26,27). The van der Waals surface area contributed by atoms with Crippen LogP contribution in [0.1, 0.15) is 18.4 Å². The number of nitrogens with zero attached hydrogens (tertiary/aromatic N) is 3. The van der Waals surface area contributed by atoms with Crippen LogP contribution in [0.2, 0.25) is 0 Å². The normalized spacial score (nSPS) is 14.3. The number of nitrogens with one attached hydrogen (secondary N) is 1. The van der Waals surface area contributed by atoms with E-state index >= 15 is 0 Å². The lowest BCUT2D eigenvalue weighted by Gasteiger charge is -2.18. The molecule has 4 rings (SSSR count). The summed E-state index contributed by atoms with van der Waals surface area (Å²) in [6.45, 7) is 1.80. The highest BCUT2D eigenvalue weighted by molar-refractivity contribution is 5.67. The maximum absolute atomic E-state index is 12.8. The first-order valence-electron chi connectivity index (χ1n) is 9.13.